The molecule has 0 aromatic carbocycles. The van der Waals surface area contributed by atoms with Crippen molar-refractivity contribution in [3.8, 4) is 0 Å². The van der Waals surface area contributed by atoms with Crippen LogP contribution in [0.1, 0.15) is 31.7 Å². The maximum absolute atomic E-state index is 4.28. The summed E-state index contributed by atoms with van der Waals surface area (Å²) < 4.78 is 0. The van der Waals surface area contributed by atoms with E-state index >= 15 is 0 Å². The number of nitrogens with zero attached hydrogens (tertiary/aromatic N) is 2. The van der Waals surface area contributed by atoms with Gasteiger partial charge in [-0.25, -0.2) is 0 Å². The second kappa shape index (κ2) is 5.46. The molecule has 0 spiro atoms. The molecule has 1 aromatic rings. The van der Waals surface area contributed by atoms with Gasteiger partial charge in [0.2, 0.25) is 0 Å². The zero-order valence-electron chi connectivity index (χ0n) is 8.33. The van der Waals surface area contributed by atoms with Crippen LogP contribution in [0, 0.1) is 0 Å². The van der Waals surface area contributed by atoms with E-state index in [-0.39, 0.29) is 0 Å². The lowest BCUT2D eigenvalue weighted by atomic mass is 10.1. The van der Waals surface area contributed by atoms with Crippen LogP contribution in [0.15, 0.2) is 29.5 Å². The highest BCUT2D eigenvalue weighted by molar-refractivity contribution is 6.00. The molecule has 0 fully saturated rings. The first-order chi connectivity index (χ1) is 6.38. The summed E-state index contributed by atoms with van der Waals surface area (Å²) in [6.07, 6.45) is 7.11. The molecule has 0 aliphatic rings. The summed E-state index contributed by atoms with van der Waals surface area (Å²) in [5, 5.41) is 0. The maximum atomic E-state index is 4.28. The van der Waals surface area contributed by atoms with Gasteiger partial charge >= 0.3 is 0 Å². The van der Waals surface area contributed by atoms with Crippen molar-refractivity contribution >= 4 is 5.71 Å². The summed E-state index contributed by atoms with van der Waals surface area (Å²) >= 11 is 0. The van der Waals surface area contributed by atoms with Crippen molar-refractivity contribution in [1.29, 1.82) is 0 Å². The summed E-state index contributed by atoms with van der Waals surface area (Å²) in [5.41, 5.74) is 2.38. The van der Waals surface area contributed by atoms with Crippen molar-refractivity contribution in [2.75, 3.05) is 7.05 Å². The van der Waals surface area contributed by atoms with E-state index < -0.39 is 0 Å². The number of unbranched alkanes of at least 4 members (excludes halogenated alkanes) is 1. The van der Waals surface area contributed by atoms with E-state index in [2.05, 4.69) is 16.9 Å². The first-order valence-electron chi connectivity index (χ1n) is 4.74. The summed E-state index contributed by atoms with van der Waals surface area (Å²) in [6.45, 7) is 2.19. The Morgan fingerprint density at radius 2 is 2.08 bits per heavy atom. The molecule has 0 N–H and O–H groups in total. The zero-order valence-corrected chi connectivity index (χ0v) is 8.33. The lowest BCUT2D eigenvalue weighted by molar-refractivity contribution is 0.834. The SMILES string of the molecule is CCCCC(=NC)c1ccncc1. The smallest absolute Gasteiger partial charge is 0.0418 e. The molecule has 0 amide bonds. The van der Waals surface area contributed by atoms with E-state index in [1.54, 1.807) is 0 Å². The fraction of sp³-hybridized carbons (Fsp3) is 0.455. The molecule has 1 heterocycles. The number of hydrogen-bond donors (Lipinski definition) is 0. The molecule has 1 aromatic heterocycles. The van der Waals surface area contributed by atoms with Crippen LogP contribution in [0.5, 0.6) is 0 Å². The minimum Gasteiger partial charge on any atom is -0.292 e. The van der Waals surface area contributed by atoms with Gasteiger partial charge in [-0.05, 0) is 30.5 Å². The van der Waals surface area contributed by atoms with Gasteiger partial charge in [0.15, 0.2) is 0 Å². The Labute approximate surface area is 79.7 Å². The van der Waals surface area contributed by atoms with E-state index in [9.17, 15) is 0 Å². The van der Waals surface area contributed by atoms with E-state index in [4.69, 9.17) is 0 Å². The quantitative estimate of drug-likeness (QED) is 0.647. The van der Waals surface area contributed by atoms with Gasteiger partial charge < -0.3 is 0 Å². The van der Waals surface area contributed by atoms with Crippen LogP contribution in [0.2, 0.25) is 0 Å². The number of rotatable bonds is 4. The van der Waals surface area contributed by atoms with Gasteiger partial charge in [-0.1, -0.05) is 13.3 Å². The highest BCUT2D eigenvalue weighted by Crippen LogP contribution is 2.06. The fourth-order valence-corrected chi connectivity index (χ4v) is 1.27. The third kappa shape index (κ3) is 2.98. The van der Waals surface area contributed by atoms with E-state index in [0.29, 0.717) is 0 Å². The lowest BCUT2D eigenvalue weighted by Gasteiger charge is -2.03. The van der Waals surface area contributed by atoms with Gasteiger partial charge in [0.05, 0.1) is 0 Å². The Morgan fingerprint density at radius 3 is 2.62 bits per heavy atom. The lowest BCUT2D eigenvalue weighted by Crippen LogP contribution is -2.00. The molecule has 0 aliphatic heterocycles. The molecule has 1 rings (SSSR count). The van der Waals surface area contributed by atoms with Crippen molar-refractivity contribution in [3.63, 3.8) is 0 Å². The van der Waals surface area contributed by atoms with Gasteiger partial charge in [0.25, 0.3) is 0 Å². The highest BCUT2D eigenvalue weighted by Gasteiger charge is 2.00. The second-order valence-electron chi connectivity index (χ2n) is 3.01. The van der Waals surface area contributed by atoms with Gasteiger partial charge in [-0.15, -0.1) is 0 Å². The molecule has 0 radical (unpaired) electrons. The molecular formula is C11H16N2. The number of hydrogen-bond acceptors (Lipinski definition) is 2. The third-order valence-electron chi connectivity index (χ3n) is 2.05. The second-order valence-corrected chi connectivity index (χ2v) is 3.01. The molecule has 0 bridgehead atoms. The van der Waals surface area contributed by atoms with Crippen LogP contribution in [0.3, 0.4) is 0 Å². The Kier molecular flexibility index (Phi) is 4.16. The normalized spacial score (nSPS) is 11.7. The van der Waals surface area contributed by atoms with Crippen LogP contribution in [0.25, 0.3) is 0 Å². The third-order valence-corrected chi connectivity index (χ3v) is 2.05. The molecule has 13 heavy (non-hydrogen) atoms. The first kappa shape index (κ1) is 9.90. The Hall–Kier alpha value is -1.18. The predicted octanol–water partition coefficient (Wildman–Crippen LogP) is 2.69. The van der Waals surface area contributed by atoms with Gasteiger partial charge in [0.1, 0.15) is 0 Å². The topological polar surface area (TPSA) is 25.2 Å². The number of pyridine rings is 1. The summed E-state index contributed by atoms with van der Waals surface area (Å²) in [5.74, 6) is 0. The number of aromatic nitrogens is 1. The van der Waals surface area contributed by atoms with Crippen LogP contribution < -0.4 is 0 Å². The van der Waals surface area contributed by atoms with Crippen LogP contribution in [0.4, 0.5) is 0 Å². The van der Waals surface area contributed by atoms with Gasteiger partial charge in [-0.2, -0.15) is 0 Å². The summed E-state index contributed by atoms with van der Waals surface area (Å²) in [7, 11) is 1.85. The van der Waals surface area contributed by atoms with Crippen molar-refractivity contribution in [1.82, 2.24) is 4.98 Å². The zero-order chi connectivity index (χ0) is 9.52. The molecule has 2 heteroatoms. The first-order valence-corrected chi connectivity index (χ1v) is 4.74. The average molecular weight is 176 g/mol. The van der Waals surface area contributed by atoms with Crippen molar-refractivity contribution in [2.24, 2.45) is 4.99 Å². The highest BCUT2D eigenvalue weighted by atomic mass is 14.7. The average Bonchev–Trinajstić information content (AvgIpc) is 2.21. The molecule has 0 saturated carbocycles. The predicted molar refractivity (Wildman–Crippen MR) is 56.2 cm³/mol. The Bertz CT molecular complexity index is 265. The van der Waals surface area contributed by atoms with Gasteiger partial charge in [-0.3, -0.25) is 9.98 Å². The monoisotopic (exact) mass is 176 g/mol. The summed E-state index contributed by atoms with van der Waals surface area (Å²) in [4.78, 5) is 8.27. The maximum Gasteiger partial charge on any atom is 0.0418 e. The fourth-order valence-electron chi connectivity index (χ4n) is 1.27. The largest absolute Gasteiger partial charge is 0.292 e. The van der Waals surface area contributed by atoms with Crippen molar-refractivity contribution < 1.29 is 0 Å². The van der Waals surface area contributed by atoms with Crippen molar-refractivity contribution in [2.45, 2.75) is 26.2 Å². The molecule has 0 unspecified atom stereocenters. The minimum atomic E-state index is 1.07. The molecule has 0 saturated heterocycles. The molecule has 2 nitrogen and oxygen atoms in total. The number of aliphatic imine (C=N–C) groups is 1. The van der Waals surface area contributed by atoms with Crippen molar-refractivity contribution in [3.05, 3.63) is 30.1 Å². The summed E-state index contributed by atoms with van der Waals surface area (Å²) in [6, 6.07) is 4.02. The van der Waals surface area contributed by atoms with Crippen LogP contribution in [-0.4, -0.2) is 17.7 Å². The van der Waals surface area contributed by atoms with Crippen LogP contribution >= 0.6 is 0 Å². The minimum absolute atomic E-state index is 1.07. The van der Waals surface area contributed by atoms with E-state index in [0.717, 1.165) is 6.42 Å². The molecular weight excluding hydrogens is 160 g/mol. The van der Waals surface area contributed by atoms with E-state index in [1.807, 2.05) is 31.6 Å². The molecule has 0 atom stereocenters. The van der Waals surface area contributed by atoms with Gasteiger partial charge in [0, 0.05) is 25.2 Å². The molecule has 70 valence electrons. The van der Waals surface area contributed by atoms with E-state index in [1.165, 1.54) is 24.1 Å². The molecule has 0 aliphatic carbocycles. The Morgan fingerprint density at radius 1 is 1.38 bits per heavy atom. The standard InChI is InChI=1S/C11H16N2/c1-3-4-5-11(12-2)10-6-8-13-9-7-10/h6-9H,3-5H2,1-2H3. The Balaban J connectivity index is 2.69. The van der Waals surface area contributed by atoms with Crippen LogP contribution in [-0.2, 0) is 0 Å².